The highest BCUT2D eigenvalue weighted by molar-refractivity contribution is 7.21. The Morgan fingerprint density at radius 1 is 1.23 bits per heavy atom. The van der Waals surface area contributed by atoms with Crippen LogP contribution in [0.1, 0.15) is 30.1 Å². The molecular formula is C24H24N4OS. The third-order valence-electron chi connectivity index (χ3n) is 5.65. The first-order chi connectivity index (χ1) is 14.7. The molecule has 1 amide bonds. The van der Waals surface area contributed by atoms with Crippen LogP contribution in [-0.4, -0.2) is 33.9 Å². The van der Waals surface area contributed by atoms with Gasteiger partial charge in [0, 0.05) is 23.1 Å². The zero-order valence-corrected chi connectivity index (χ0v) is 17.7. The van der Waals surface area contributed by atoms with Crippen LogP contribution in [-0.2, 0) is 4.79 Å². The number of likely N-dealkylation sites (tertiary alicyclic amines) is 1. The molecule has 5 rings (SSSR count). The molecule has 30 heavy (non-hydrogen) atoms. The zero-order valence-electron chi connectivity index (χ0n) is 16.9. The Morgan fingerprint density at radius 3 is 2.90 bits per heavy atom. The van der Waals surface area contributed by atoms with Gasteiger partial charge in [-0.25, -0.2) is 4.98 Å². The molecule has 1 aliphatic rings. The molecule has 0 aliphatic carbocycles. The molecule has 5 nitrogen and oxygen atoms in total. The van der Waals surface area contributed by atoms with E-state index in [1.165, 1.54) is 16.0 Å². The first-order valence-corrected chi connectivity index (χ1v) is 11.1. The summed E-state index contributed by atoms with van der Waals surface area (Å²) in [6, 6.07) is 18.7. The number of hydrogen-bond acceptors (Lipinski definition) is 4. The van der Waals surface area contributed by atoms with Crippen LogP contribution < -0.4 is 5.32 Å². The molecule has 1 fully saturated rings. The standard InChI is InChI=1S/C24H24N4OS/c1-16-6-11-20-22(14-16)30-24(27-20)17-7-9-18(10-8-17)26-23(29)15-28-13-3-5-21(28)19-4-2-12-25-19/h2,4,6-12,14,21,25H,3,5,13,15H2,1H3,(H,26,29). The van der Waals surface area contributed by atoms with E-state index in [0.717, 1.165) is 41.2 Å². The Labute approximate surface area is 179 Å². The van der Waals surface area contributed by atoms with Crippen LogP contribution in [0.15, 0.2) is 60.8 Å². The van der Waals surface area contributed by atoms with Crippen LogP contribution in [0.4, 0.5) is 5.69 Å². The van der Waals surface area contributed by atoms with E-state index in [1.807, 2.05) is 36.5 Å². The summed E-state index contributed by atoms with van der Waals surface area (Å²) in [7, 11) is 0. The van der Waals surface area contributed by atoms with Gasteiger partial charge in [0.2, 0.25) is 5.91 Å². The van der Waals surface area contributed by atoms with Gasteiger partial charge in [-0.2, -0.15) is 0 Å². The maximum absolute atomic E-state index is 12.6. The van der Waals surface area contributed by atoms with Crippen molar-refractivity contribution in [2.45, 2.75) is 25.8 Å². The van der Waals surface area contributed by atoms with Crippen molar-refractivity contribution in [3.63, 3.8) is 0 Å². The third kappa shape index (κ3) is 3.88. The molecule has 0 spiro atoms. The van der Waals surface area contributed by atoms with Crippen molar-refractivity contribution in [2.75, 3.05) is 18.4 Å². The average Bonchev–Trinajstić information content (AvgIpc) is 3.48. The minimum Gasteiger partial charge on any atom is -0.364 e. The number of amides is 1. The van der Waals surface area contributed by atoms with E-state index in [1.54, 1.807) is 11.3 Å². The Morgan fingerprint density at radius 2 is 2.10 bits per heavy atom. The number of rotatable bonds is 5. The van der Waals surface area contributed by atoms with Crippen molar-refractivity contribution in [1.29, 1.82) is 0 Å². The van der Waals surface area contributed by atoms with Crippen LogP contribution in [0.25, 0.3) is 20.8 Å². The number of anilines is 1. The fraction of sp³-hybridized carbons (Fsp3) is 0.250. The molecule has 2 N–H and O–H groups in total. The van der Waals surface area contributed by atoms with E-state index in [-0.39, 0.29) is 5.91 Å². The number of nitrogens with zero attached hydrogens (tertiary/aromatic N) is 2. The van der Waals surface area contributed by atoms with E-state index in [0.29, 0.717) is 12.6 Å². The quantitative estimate of drug-likeness (QED) is 0.459. The number of hydrogen-bond donors (Lipinski definition) is 2. The van der Waals surface area contributed by atoms with Crippen LogP contribution in [0, 0.1) is 6.92 Å². The molecule has 2 aromatic carbocycles. The lowest BCUT2D eigenvalue weighted by Gasteiger charge is -2.23. The molecule has 4 aromatic rings. The normalized spacial score (nSPS) is 16.9. The predicted octanol–water partition coefficient (Wildman–Crippen LogP) is 5.38. The zero-order chi connectivity index (χ0) is 20.5. The van der Waals surface area contributed by atoms with Crippen LogP contribution >= 0.6 is 11.3 Å². The number of fused-ring (bicyclic) bond motifs is 1. The topological polar surface area (TPSA) is 61.0 Å². The van der Waals surface area contributed by atoms with Gasteiger partial charge in [-0.3, -0.25) is 9.69 Å². The first-order valence-electron chi connectivity index (χ1n) is 10.3. The summed E-state index contributed by atoms with van der Waals surface area (Å²) < 4.78 is 1.20. The molecule has 1 unspecified atom stereocenters. The van der Waals surface area contributed by atoms with Gasteiger partial charge in [-0.05, 0) is 80.4 Å². The highest BCUT2D eigenvalue weighted by Crippen LogP contribution is 2.32. The van der Waals surface area contributed by atoms with E-state index in [9.17, 15) is 4.79 Å². The van der Waals surface area contributed by atoms with Gasteiger partial charge in [0.1, 0.15) is 5.01 Å². The van der Waals surface area contributed by atoms with Gasteiger partial charge in [0.25, 0.3) is 0 Å². The number of H-pyrrole nitrogens is 1. The average molecular weight is 417 g/mol. The summed E-state index contributed by atoms with van der Waals surface area (Å²) >= 11 is 1.70. The van der Waals surface area contributed by atoms with Crippen LogP contribution in [0.2, 0.25) is 0 Å². The second kappa shape index (κ2) is 8.05. The van der Waals surface area contributed by atoms with E-state index < -0.39 is 0 Å². The molecule has 3 heterocycles. The van der Waals surface area contributed by atoms with Gasteiger partial charge >= 0.3 is 0 Å². The van der Waals surface area contributed by atoms with Gasteiger partial charge in [-0.1, -0.05) is 6.07 Å². The highest BCUT2D eigenvalue weighted by Gasteiger charge is 2.28. The smallest absolute Gasteiger partial charge is 0.238 e. The lowest BCUT2D eigenvalue weighted by Crippen LogP contribution is -2.33. The second-order valence-corrected chi connectivity index (χ2v) is 8.90. The highest BCUT2D eigenvalue weighted by atomic mass is 32.1. The summed E-state index contributed by atoms with van der Waals surface area (Å²) in [6.45, 7) is 3.45. The third-order valence-corrected chi connectivity index (χ3v) is 6.72. The molecule has 0 saturated carbocycles. The SMILES string of the molecule is Cc1ccc2nc(-c3ccc(NC(=O)CN4CCCC4c4ccc[nH]4)cc3)sc2c1. The fourth-order valence-electron chi connectivity index (χ4n) is 4.16. The summed E-state index contributed by atoms with van der Waals surface area (Å²) in [5.41, 5.74) is 5.35. The summed E-state index contributed by atoms with van der Waals surface area (Å²) in [6.07, 6.45) is 4.15. The van der Waals surface area contributed by atoms with Crippen LogP contribution in [0.3, 0.4) is 0 Å². The number of aromatic amines is 1. The Hall–Kier alpha value is -2.96. The predicted molar refractivity (Wildman–Crippen MR) is 123 cm³/mol. The van der Waals surface area contributed by atoms with E-state index in [2.05, 4.69) is 46.4 Å². The fourth-order valence-corrected chi connectivity index (χ4v) is 5.22. The monoisotopic (exact) mass is 416 g/mol. The minimum absolute atomic E-state index is 0.0247. The van der Waals surface area contributed by atoms with Crippen molar-refractivity contribution in [3.8, 4) is 10.6 Å². The molecule has 2 aromatic heterocycles. The van der Waals surface area contributed by atoms with Gasteiger partial charge in [0.05, 0.1) is 22.8 Å². The number of carbonyl (C=O) groups excluding carboxylic acids is 1. The number of carbonyl (C=O) groups is 1. The molecule has 152 valence electrons. The maximum atomic E-state index is 12.6. The van der Waals surface area contributed by atoms with Gasteiger partial charge < -0.3 is 10.3 Å². The molecule has 1 atom stereocenters. The number of benzene rings is 2. The molecule has 0 radical (unpaired) electrons. The van der Waals surface area contributed by atoms with Crippen LogP contribution in [0.5, 0.6) is 0 Å². The van der Waals surface area contributed by atoms with Crippen molar-refractivity contribution < 1.29 is 4.79 Å². The Balaban J connectivity index is 1.25. The second-order valence-electron chi connectivity index (χ2n) is 7.87. The molecule has 0 bridgehead atoms. The number of thiazole rings is 1. The lowest BCUT2D eigenvalue weighted by molar-refractivity contribution is -0.117. The Kier molecular flexibility index (Phi) is 5.11. The van der Waals surface area contributed by atoms with Gasteiger partial charge in [0.15, 0.2) is 0 Å². The summed E-state index contributed by atoms with van der Waals surface area (Å²) in [5.74, 6) is 0.0247. The molecule has 1 aliphatic heterocycles. The first kappa shape index (κ1) is 19.0. The minimum atomic E-state index is 0.0247. The van der Waals surface area contributed by atoms with E-state index >= 15 is 0 Å². The van der Waals surface area contributed by atoms with E-state index in [4.69, 9.17) is 4.98 Å². The van der Waals surface area contributed by atoms with Crippen molar-refractivity contribution in [3.05, 3.63) is 72.1 Å². The molecule has 1 saturated heterocycles. The largest absolute Gasteiger partial charge is 0.364 e. The summed E-state index contributed by atoms with van der Waals surface area (Å²) in [5, 5.41) is 4.04. The van der Waals surface area contributed by atoms with Crippen molar-refractivity contribution in [1.82, 2.24) is 14.9 Å². The summed E-state index contributed by atoms with van der Waals surface area (Å²) in [4.78, 5) is 22.9. The lowest BCUT2D eigenvalue weighted by atomic mass is 10.1. The number of nitrogens with one attached hydrogen (secondary N) is 2. The number of aryl methyl sites for hydroxylation is 1. The Bertz CT molecular complexity index is 1160. The number of aromatic nitrogens is 2. The molecule has 6 heteroatoms. The van der Waals surface area contributed by atoms with Crippen molar-refractivity contribution >= 4 is 33.1 Å². The van der Waals surface area contributed by atoms with Gasteiger partial charge in [-0.15, -0.1) is 11.3 Å². The van der Waals surface area contributed by atoms with Crippen molar-refractivity contribution in [2.24, 2.45) is 0 Å². The maximum Gasteiger partial charge on any atom is 0.238 e. The molecular weight excluding hydrogens is 392 g/mol.